The van der Waals surface area contributed by atoms with Crippen LogP contribution in [0.2, 0.25) is 0 Å². The van der Waals surface area contributed by atoms with Crippen LogP contribution in [0, 0.1) is 17.8 Å². The molecule has 0 spiro atoms. The minimum Gasteiger partial charge on any atom is -0.393 e. The van der Waals surface area contributed by atoms with Gasteiger partial charge in [-0.2, -0.15) is 0 Å². The molecule has 1 aromatic rings. The van der Waals surface area contributed by atoms with E-state index in [1.165, 1.54) is 5.56 Å². The molecule has 1 N–H and O–H groups in total. The van der Waals surface area contributed by atoms with Crippen LogP contribution in [0.1, 0.15) is 31.2 Å². The van der Waals surface area contributed by atoms with Crippen molar-refractivity contribution in [1.29, 1.82) is 0 Å². The molecule has 1 aliphatic heterocycles. The van der Waals surface area contributed by atoms with Crippen molar-refractivity contribution in [2.45, 2.75) is 31.8 Å². The Morgan fingerprint density at radius 1 is 1.22 bits per heavy atom. The summed E-state index contributed by atoms with van der Waals surface area (Å²) in [6, 6.07) is 10.6. The van der Waals surface area contributed by atoms with E-state index in [1.54, 1.807) is 0 Å². The van der Waals surface area contributed by atoms with Gasteiger partial charge in [0.1, 0.15) is 0 Å². The molecular weight excluding hydrogens is 224 g/mol. The van der Waals surface area contributed by atoms with Crippen LogP contribution in [0.4, 0.5) is 0 Å². The van der Waals surface area contributed by atoms with E-state index in [2.05, 4.69) is 37.3 Å². The van der Waals surface area contributed by atoms with E-state index in [4.69, 9.17) is 4.74 Å². The third kappa shape index (κ3) is 2.32. The highest BCUT2D eigenvalue weighted by Gasteiger charge is 2.47. The summed E-state index contributed by atoms with van der Waals surface area (Å²) >= 11 is 0. The summed E-state index contributed by atoms with van der Waals surface area (Å²) in [5.41, 5.74) is 1.39. The molecule has 1 aliphatic carbocycles. The lowest BCUT2D eigenvalue weighted by atomic mass is 9.82. The number of hydrogen-bond acceptors (Lipinski definition) is 2. The summed E-state index contributed by atoms with van der Waals surface area (Å²) in [7, 11) is 0. The lowest BCUT2D eigenvalue weighted by Gasteiger charge is -2.32. The smallest absolute Gasteiger partial charge is 0.0606 e. The number of aliphatic hydroxyl groups excluding tert-OH is 1. The van der Waals surface area contributed by atoms with E-state index >= 15 is 0 Å². The Morgan fingerprint density at radius 2 is 2.00 bits per heavy atom. The van der Waals surface area contributed by atoms with Crippen molar-refractivity contribution in [1.82, 2.24) is 0 Å². The molecule has 2 fully saturated rings. The van der Waals surface area contributed by atoms with Crippen molar-refractivity contribution in [2.75, 3.05) is 13.2 Å². The third-order valence-electron chi connectivity index (χ3n) is 4.65. The Morgan fingerprint density at radius 3 is 2.72 bits per heavy atom. The number of hydrogen-bond donors (Lipinski definition) is 1. The molecule has 2 aliphatic rings. The van der Waals surface area contributed by atoms with E-state index in [0.29, 0.717) is 23.7 Å². The lowest BCUT2D eigenvalue weighted by Crippen LogP contribution is -2.35. The first kappa shape index (κ1) is 12.2. The second-order valence-electron chi connectivity index (χ2n) is 5.91. The first-order valence-corrected chi connectivity index (χ1v) is 7.08. The first-order chi connectivity index (χ1) is 8.77. The summed E-state index contributed by atoms with van der Waals surface area (Å²) in [5.74, 6) is 1.97. The molecule has 0 radical (unpaired) electrons. The molecule has 3 rings (SSSR count). The molecule has 5 unspecified atom stereocenters. The maximum Gasteiger partial charge on any atom is 0.0606 e. The van der Waals surface area contributed by atoms with Gasteiger partial charge >= 0.3 is 0 Å². The molecule has 2 heteroatoms. The molecule has 1 heterocycles. The van der Waals surface area contributed by atoms with E-state index in [0.717, 1.165) is 26.1 Å². The Kier molecular flexibility index (Phi) is 3.40. The quantitative estimate of drug-likeness (QED) is 0.888. The number of ether oxygens (including phenoxy) is 1. The minimum absolute atomic E-state index is 0.144. The fourth-order valence-electron chi connectivity index (χ4n) is 3.40. The van der Waals surface area contributed by atoms with Crippen molar-refractivity contribution < 1.29 is 9.84 Å². The first-order valence-electron chi connectivity index (χ1n) is 7.08. The van der Waals surface area contributed by atoms with Crippen LogP contribution < -0.4 is 0 Å². The molecule has 1 saturated heterocycles. The van der Waals surface area contributed by atoms with E-state index in [-0.39, 0.29) is 6.10 Å². The van der Waals surface area contributed by atoms with Crippen molar-refractivity contribution in [3.8, 4) is 0 Å². The highest BCUT2D eigenvalue weighted by atomic mass is 16.5. The van der Waals surface area contributed by atoms with Crippen molar-refractivity contribution in [3.05, 3.63) is 35.9 Å². The molecule has 0 amide bonds. The molecule has 98 valence electrons. The SMILES string of the molecule is CC1COCCC1C(O)C1CC1c1ccccc1. The van der Waals surface area contributed by atoms with Gasteiger partial charge in [-0.05, 0) is 42.1 Å². The Hall–Kier alpha value is -0.860. The zero-order valence-electron chi connectivity index (χ0n) is 11.0. The van der Waals surface area contributed by atoms with Crippen molar-refractivity contribution in [3.63, 3.8) is 0 Å². The van der Waals surface area contributed by atoms with Gasteiger partial charge in [0.15, 0.2) is 0 Å². The number of benzene rings is 1. The second-order valence-corrected chi connectivity index (χ2v) is 5.91. The van der Waals surface area contributed by atoms with Gasteiger partial charge in [0, 0.05) is 13.2 Å². The fraction of sp³-hybridized carbons (Fsp3) is 0.625. The van der Waals surface area contributed by atoms with Crippen LogP contribution in [-0.4, -0.2) is 24.4 Å². The summed E-state index contributed by atoms with van der Waals surface area (Å²) in [4.78, 5) is 0. The van der Waals surface area contributed by atoms with Crippen LogP contribution in [0.5, 0.6) is 0 Å². The third-order valence-corrected chi connectivity index (χ3v) is 4.65. The molecule has 1 saturated carbocycles. The Balaban J connectivity index is 1.63. The topological polar surface area (TPSA) is 29.5 Å². The molecule has 5 atom stereocenters. The maximum atomic E-state index is 10.6. The predicted octanol–water partition coefficient (Wildman–Crippen LogP) is 2.82. The van der Waals surface area contributed by atoms with Crippen molar-refractivity contribution >= 4 is 0 Å². The van der Waals surface area contributed by atoms with Crippen molar-refractivity contribution in [2.24, 2.45) is 17.8 Å². The fourth-order valence-corrected chi connectivity index (χ4v) is 3.40. The maximum absolute atomic E-state index is 10.6. The van der Waals surface area contributed by atoms with Crippen LogP contribution in [0.15, 0.2) is 30.3 Å². The van der Waals surface area contributed by atoms with Crippen LogP contribution >= 0.6 is 0 Å². The predicted molar refractivity (Wildman–Crippen MR) is 71.4 cm³/mol. The van der Waals surface area contributed by atoms with Crippen LogP contribution in [-0.2, 0) is 4.74 Å². The molecule has 0 bridgehead atoms. The van der Waals surface area contributed by atoms with Crippen LogP contribution in [0.3, 0.4) is 0 Å². The number of aliphatic hydroxyl groups is 1. The minimum atomic E-state index is -0.144. The van der Waals surface area contributed by atoms with Gasteiger partial charge in [-0.1, -0.05) is 37.3 Å². The lowest BCUT2D eigenvalue weighted by molar-refractivity contribution is -0.0377. The number of rotatable bonds is 3. The normalized spacial score (nSPS) is 37.2. The molecule has 2 nitrogen and oxygen atoms in total. The Bertz CT molecular complexity index is 389. The van der Waals surface area contributed by atoms with Gasteiger partial charge < -0.3 is 9.84 Å². The van der Waals surface area contributed by atoms with Crippen LogP contribution in [0.25, 0.3) is 0 Å². The largest absolute Gasteiger partial charge is 0.393 e. The monoisotopic (exact) mass is 246 g/mol. The van der Waals surface area contributed by atoms with E-state index in [1.807, 2.05) is 0 Å². The average molecular weight is 246 g/mol. The zero-order valence-corrected chi connectivity index (χ0v) is 11.0. The van der Waals surface area contributed by atoms with E-state index in [9.17, 15) is 5.11 Å². The molecule has 1 aromatic carbocycles. The molecule has 0 aromatic heterocycles. The van der Waals surface area contributed by atoms with Gasteiger partial charge in [0.2, 0.25) is 0 Å². The van der Waals surface area contributed by atoms with Gasteiger partial charge in [0.25, 0.3) is 0 Å². The summed E-state index contributed by atoms with van der Waals surface area (Å²) in [6.07, 6.45) is 2.02. The van der Waals surface area contributed by atoms with Gasteiger partial charge in [-0.3, -0.25) is 0 Å². The zero-order chi connectivity index (χ0) is 12.5. The average Bonchev–Trinajstić information content (AvgIpc) is 3.20. The summed E-state index contributed by atoms with van der Waals surface area (Å²) in [6.45, 7) is 3.83. The Labute approximate surface area is 109 Å². The standard InChI is InChI=1S/C16H22O2/c1-11-10-18-8-7-13(11)16(17)15-9-14(15)12-5-3-2-4-6-12/h2-6,11,13-17H,7-10H2,1H3. The van der Waals surface area contributed by atoms with Gasteiger partial charge in [0.05, 0.1) is 6.10 Å². The van der Waals surface area contributed by atoms with Gasteiger partial charge in [-0.25, -0.2) is 0 Å². The highest BCUT2D eigenvalue weighted by Crippen LogP contribution is 2.52. The molecule has 18 heavy (non-hydrogen) atoms. The summed E-state index contributed by atoms with van der Waals surface area (Å²) in [5, 5.41) is 10.6. The summed E-state index contributed by atoms with van der Waals surface area (Å²) < 4.78 is 5.46. The van der Waals surface area contributed by atoms with Gasteiger partial charge in [-0.15, -0.1) is 0 Å². The van der Waals surface area contributed by atoms with E-state index < -0.39 is 0 Å². The highest BCUT2D eigenvalue weighted by molar-refractivity contribution is 5.26. The second kappa shape index (κ2) is 5.02. The molecular formula is C16H22O2.